The number of anilines is 1. The Kier molecular flexibility index (Phi) is 4.03. The van der Waals surface area contributed by atoms with Crippen molar-refractivity contribution in [3.8, 4) is 5.95 Å². The Morgan fingerprint density at radius 3 is 2.76 bits per heavy atom. The highest BCUT2D eigenvalue weighted by molar-refractivity contribution is 7.98. The maximum absolute atomic E-state index is 6.13. The summed E-state index contributed by atoms with van der Waals surface area (Å²) in [4.78, 5) is 12.5. The van der Waals surface area contributed by atoms with Crippen molar-refractivity contribution in [2.75, 3.05) is 5.73 Å². The third-order valence-electron chi connectivity index (χ3n) is 2.64. The number of nitrogen functional groups attached to an aromatic ring is 1. The Labute approximate surface area is 130 Å². The molecule has 21 heavy (non-hydrogen) atoms. The Morgan fingerprint density at radius 2 is 2.00 bits per heavy atom. The van der Waals surface area contributed by atoms with Crippen LogP contribution in [-0.2, 0) is 5.75 Å². The van der Waals surface area contributed by atoms with Gasteiger partial charge in [0.05, 0.1) is 0 Å². The van der Waals surface area contributed by atoms with E-state index in [2.05, 4.69) is 20.1 Å². The first-order valence-electron chi connectivity index (χ1n) is 6.10. The molecule has 2 heterocycles. The first-order chi connectivity index (χ1) is 10.2. The maximum Gasteiger partial charge on any atom is 0.256 e. The van der Waals surface area contributed by atoms with Gasteiger partial charge in [0.25, 0.3) is 5.95 Å². The largest absolute Gasteiger partial charge is 0.368 e. The van der Waals surface area contributed by atoms with Gasteiger partial charge in [-0.25, -0.2) is 4.68 Å². The SMILES string of the molecule is Nc1nc(SCc2ccccc2Cl)nc(-n2cccn2)n1. The van der Waals surface area contributed by atoms with Crippen molar-refractivity contribution in [3.05, 3.63) is 53.3 Å². The average molecular weight is 319 g/mol. The first kappa shape index (κ1) is 13.8. The Morgan fingerprint density at radius 1 is 1.14 bits per heavy atom. The van der Waals surface area contributed by atoms with Gasteiger partial charge < -0.3 is 5.73 Å². The van der Waals surface area contributed by atoms with Crippen LogP contribution in [0.5, 0.6) is 0 Å². The van der Waals surface area contributed by atoms with Crippen LogP contribution in [0.2, 0.25) is 5.02 Å². The van der Waals surface area contributed by atoms with Gasteiger partial charge in [0.1, 0.15) is 0 Å². The fourth-order valence-electron chi connectivity index (χ4n) is 1.67. The minimum absolute atomic E-state index is 0.164. The summed E-state index contributed by atoms with van der Waals surface area (Å²) in [6.07, 6.45) is 3.40. The molecule has 1 aromatic carbocycles. The summed E-state index contributed by atoms with van der Waals surface area (Å²) in [7, 11) is 0. The number of hydrogen-bond donors (Lipinski definition) is 1. The van der Waals surface area contributed by atoms with Crippen molar-refractivity contribution in [1.82, 2.24) is 24.7 Å². The lowest BCUT2D eigenvalue weighted by Crippen LogP contribution is -2.07. The summed E-state index contributed by atoms with van der Waals surface area (Å²) in [5, 5.41) is 5.34. The molecule has 6 nitrogen and oxygen atoms in total. The topological polar surface area (TPSA) is 82.5 Å². The molecule has 0 saturated heterocycles. The summed E-state index contributed by atoms with van der Waals surface area (Å²) in [5.74, 6) is 1.22. The number of aromatic nitrogens is 5. The monoisotopic (exact) mass is 318 g/mol. The summed E-state index contributed by atoms with van der Waals surface area (Å²) in [6, 6.07) is 9.45. The number of nitrogens with two attached hydrogens (primary N) is 1. The molecule has 0 fully saturated rings. The van der Waals surface area contributed by atoms with E-state index < -0.39 is 0 Å². The van der Waals surface area contributed by atoms with Crippen LogP contribution in [0.15, 0.2) is 47.9 Å². The Balaban J connectivity index is 1.81. The zero-order valence-electron chi connectivity index (χ0n) is 10.8. The standard InChI is InChI=1S/C13H11ClN6S/c14-10-5-2-1-4-9(10)8-21-13-18-11(15)17-12(19-13)20-7-3-6-16-20/h1-7H,8H2,(H2,15,17,18,19). The smallest absolute Gasteiger partial charge is 0.256 e. The maximum atomic E-state index is 6.13. The van der Waals surface area contributed by atoms with Crippen molar-refractivity contribution in [3.63, 3.8) is 0 Å². The summed E-state index contributed by atoms with van der Waals surface area (Å²) in [5.41, 5.74) is 6.74. The third kappa shape index (κ3) is 3.32. The van der Waals surface area contributed by atoms with E-state index in [0.717, 1.165) is 10.6 Å². The van der Waals surface area contributed by atoms with Crippen LogP contribution in [0, 0.1) is 0 Å². The highest BCUT2D eigenvalue weighted by Gasteiger charge is 2.08. The minimum Gasteiger partial charge on any atom is -0.368 e. The van der Waals surface area contributed by atoms with Gasteiger partial charge in [-0.3, -0.25) is 0 Å². The summed E-state index contributed by atoms with van der Waals surface area (Å²) >= 11 is 7.57. The molecule has 2 N–H and O–H groups in total. The average Bonchev–Trinajstić information content (AvgIpc) is 3.00. The highest BCUT2D eigenvalue weighted by atomic mass is 35.5. The van der Waals surface area contributed by atoms with Crippen LogP contribution in [0.4, 0.5) is 5.95 Å². The van der Waals surface area contributed by atoms with Crippen molar-refractivity contribution in [2.24, 2.45) is 0 Å². The van der Waals surface area contributed by atoms with E-state index in [4.69, 9.17) is 17.3 Å². The van der Waals surface area contributed by atoms with Crippen LogP contribution in [0.1, 0.15) is 5.56 Å². The predicted molar refractivity (Wildman–Crippen MR) is 82.4 cm³/mol. The van der Waals surface area contributed by atoms with E-state index in [1.54, 1.807) is 18.5 Å². The highest BCUT2D eigenvalue weighted by Crippen LogP contribution is 2.24. The molecule has 0 saturated carbocycles. The minimum atomic E-state index is 0.164. The van der Waals surface area contributed by atoms with Crippen molar-refractivity contribution in [2.45, 2.75) is 10.9 Å². The van der Waals surface area contributed by atoms with Crippen molar-refractivity contribution >= 4 is 29.3 Å². The lowest BCUT2D eigenvalue weighted by atomic mass is 10.2. The normalized spacial score (nSPS) is 10.7. The van der Waals surface area contributed by atoms with Gasteiger partial charge in [-0.2, -0.15) is 20.1 Å². The molecule has 0 spiro atoms. The molecule has 0 amide bonds. The molecule has 8 heteroatoms. The molecule has 0 unspecified atom stereocenters. The fraction of sp³-hybridized carbons (Fsp3) is 0.0769. The fourth-order valence-corrected chi connectivity index (χ4v) is 2.80. The van der Waals surface area contributed by atoms with Crippen LogP contribution in [0.3, 0.4) is 0 Å². The van der Waals surface area contributed by atoms with E-state index in [1.807, 2.05) is 24.3 Å². The van der Waals surface area contributed by atoms with Crippen LogP contribution in [-0.4, -0.2) is 24.7 Å². The number of nitrogens with zero attached hydrogens (tertiary/aromatic N) is 5. The molecule has 0 radical (unpaired) electrons. The molecule has 0 aliphatic heterocycles. The molecule has 2 aromatic heterocycles. The summed E-state index contributed by atoms with van der Waals surface area (Å²) in [6.45, 7) is 0. The van der Waals surface area contributed by atoms with E-state index >= 15 is 0 Å². The predicted octanol–water partition coefficient (Wildman–Crippen LogP) is 2.59. The Bertz CT molecular complexity index is 746. The number of benzene rings is 1. The molecular formula is C13H11ClN6S. The molecule has 0 atom stereocenters. The zero-order valence-corrected chi connectivity index (χ0v) is 12.4. The van der Waals surface area contributed by atoms with E-state index in [1.165, 1.54) is 16.4 Å². The second kappa shape index (κ2) is 6.11. The van der Waals surface area contributed by atoms with Gasteiger partial charge in [-0.15, -0.1) is 0 Å². The zero-order chi connectivity index (χ0) is 14.7. The van der Waals surface area contributed by atoms with E-state index in [0.29, 0.717) is 16.9 Å². The van der Waals surface area contributed by atoms with Gasteiger partial charge in [0.2, 0.25) is 5.95 Å². The van der Waals surface area contributed by atoms with Gasteiger partial charge in [-0.05, 0) is 17.7 Å². The van der Waals surface area contributed by atoms with Crippen LogP contribution in [0.25, 0.3) is 5.95 Å². The van der Waals surface area contributed by atoms with Crippen LogP contribution < -0.4 is 5.73 Å². The van der Waals surface area contributed by atoms with Gasteiger partial charge in [0.15, 0.2) is 5.16 Å². The van der Waals surface area contributed by atoms with Gasteiger partial charge in [0, 0.05) is 23.2 Å². The number of thioether (sulfide) groups is 1. The number of hydrogen-bond acceptors (Lipinski definition) is 6. The molecule has 0 aliphatic carbocycles. The number of halogens is 1. The second-order valence-electron chi connectivity index (χ2n) is 4.11. The Hall–Kier alpha value is -2.12. The molecular weight excluding hydrogens is 308 g/mol. The van der Waals surface area contributed by atoms with E-state index in [9.17, 15) is 0 Å². The number of rotatable bonds is 4. The lowest BCUT2D eigenvalue weighted by molar-refractivity contribution is 0.764. The van der Waals surface area contributed by atoms with Crippen molar-refractivity contribution in [1.29, 1.82) is 0 Å². The van der Waals surface area contributed by atoms with Crippen LogP contribution >= 0.6 is 23.4 Å². The van der Waals surface area contributed by atoms with E-state index in [-0.39, 0.29) is 5.95 Å². The second-order valence-corrected chi connectivity index (χ2v) is 5.46. The molecule has 0 bridgehead atoms. The summed E-state index contributed by atoms with van der Waals surface area (Å²) < 4.78 is 1.54. The molecule has 0 aliphatic rings. The molecule has 3 rings (SSSR count). The van der Waals surface area contributed by atoms with Gasteiger partial charge in [-0.1, -0.05) is 41.6 Å². The van der Waals surface area contributed by atoms with Crippen molar-refractivity contribution < 1.29 is 0 Å². The lowest BCUT2D eigenvalue weighted by Gasteiger charge is -2.05. The molecule has 3 aromatic rings. The first-order valence-corrected chi connectivity index (χ1v) is 7.46. The van der Waals surface area contributed by atoms with Gasteiger partial charge >= 0.3 is 0 Å². The third-order valence-corrected chi connectivity index (χ3v) is 3.91. The molecule has 106 valence electrons. The quantitative estimate of drug-likeness (QED) is 0.744.